The SMILES string of the molecule is Cc1cccc(C(=O)N2CCN(C(=O)C(c3ccccc3)C3CCCC3)C2C(=O)NC(CC(=O)O)C2CCCCC2)c1. The number of carboxylic acid groups (broad SMARTS) is 1. The number of carbonyl (C=O) groups is 4. The number of amides is 3. The summed E-state index contributed by atoms with van der Waals surface area (Å²) >= 11 is 0. The summed E-state index contributed by atoms with van der Waals surface area (Å²) in [5.74, 6) is -2.06. The lowest BCUT2D eigenvalue weighted by atomic mass is 9.82. The summed E-state index contributed by atoms with van der Waals surface area (Å²) in [7, 11) is 0. The highest BCUT2D eigenvalue weighted by molar-refractivity contribution is 6.00. The molecule has 1 heterocycles. The zero-order valence-electron chi connectivity index (χ0n) is 24.5. The Kier molecular flexibility index (Phi) is 9.60. The first-order valence-corrected chi connectivity index (χ1v) is 15.6. The highest BCUT2D eigenvalue weighted by atomic mass is 16.4. The molecule has 8 nitrogen and oxygen atoms in total. The quantitative estimate of drug-likeness (QED) is 0.433. The Morgan fingerprint density at radius 3 is 2.14 bits per heavy atom. The molecule has 0 radical (unpaired) electrons. The maximum absolute atomic E-state index is 14.5. The number of aryl methyl sites for hydroxylation is 1. The molecule has 3 amide bonds. The number of nitrogens with one attached hydrogen (secondary N) is 1. The Hall–Kier alpha value is -3.68. The van der Waals surface area contributed by atoms with Crippen LogP contribution in [0.4, 0.5) is 0 Å². The largest absolute Gasteiger partial charge is 0.481 e. The maximum Gasteiger partial charge on any atom is 0.305 e. The molecular formula is C34H43N3O5. The molecule has 1 aliphatic heterocycles. The van der Waals surface area contributed by atoms with E-state index in [-0.39, 0.29) is 43.2 Å². The van der Waals surface area contributed by atoms with Gasteiger partial charge in [-0.25, -0.2) is 0 Å². The molecule has 0 spiro atoms. The number of rotatable bonds is 9. The van der Waals surface area contributed by atoms with Gasteiger partial charge in [0.25, 0.3) is 11.8 Å². The first kappa shape index (κ1) is 29.8. The maximum atomic E-state index is 14.5. The summed E-state index contributed by atoms with van der Waals surface area (Å²) in [5.41, 5.74) is 2.33. The number of carbonyl (C=O) groups excluding carboxylic acids is 3. The van der Waals surface area contributed by atoms with Crippen LogP contribution < -0.4 is 5.32 Å². The van der Waals surface area contributed by atoms with E-state index in [0.29, 0.717) is 5.56 Å². The van der Waals surface area contributed by atoms with E-state index in [1.807, 2.05) is 49.4 Å². The molecule has 2 aromatic carbocycles. The zero-order valence-corrected chi connectivity index (χ0v) is 24.5. The van der Waals surface area contributed by atoms with E-state index in [1.165, 1.54) is 4.90 Å². The molecule has 224 valence electrons. The van der Waals surface area contributed by atoms with E-state index >= 15 is 0 Å². The molecule has 42 heavy (non-hydrogen) atoms. The van der Waals surface area contributed by atoms with Crippen molar-refractivity contribution in [2.45, 2.75) is 89.3 Å². The lowest BCUT2D eigenvalue weighted by molar-refractivity contribution is -0.144. The second-order valence-electron chi connectivity index (χ2n) is 12.3. The molecule has 8 heteroatoms. The minimum atomic E-state index is -1.14. The minimum Gasteiger partial charge on any atom is -0.481 e. The topological polar surface area (TPSA) is 107 Å². The van der Waals surface area contributed by atoms with Crippen molar-refractivity contribution in [3.05, 3.63) is 71.3 Å². The van der Waals surface area contributed by atoms with Crippen molar-refractivity contribution in [1.29, 1.82) is 0 Å². The van der Waals surface area contributed by atoms with E-state index in [1.54, 1.807) is 17.0 Å². The molecule has 0 bridgehead atoms. The number of hydrogen-bond donors (Lipinski definition) is 2. The fraction of sp³-hybridized carbons (Fsp3) is 0.529. The Morgan fingerprint density at radius 1 is 0.833 bits per heavy atom. The number of benzene rings is 2. The average Bonchev–Trinajstić information content (AvgIpc) is 3.68. The van der Waals surface area contributed by atoms with Crippen LogP contribution in [0.5, 0.6) is 0 Å². The van der Waals surface area contributed by atoms with Gasteiger partial charge in [-0.1, -0.05) is 80.1 Å². The fourth-order valence-electron chi connectivity index (χ4n) is 7.36. The van der Waals surface area contributed by atoms with Gasteiger partial charge in [-0.05, 0) is 62.1 Å². The van der Waals surface area contributed by atoms with E-state index < -0.39 is 30.0 Å². The smallest absolute Gasteiger partial charge is 0.305 e. The van der Waals surface area contributed by atoms with Crippen molar-refractivity contribution in [2.75, 3.05) is 13.1 Å². The van der Waals surface area contributed by atoms with Gasteiger partial charge in [0.05, 0.1) is 12.3 Å². The zero-order chi connectivity index (χ0) is 29.6. The van der Waals surface area contributed by atoms with Crippen molar-refractivity contribution in [3.63, 3.8) is 0 Å². The molecule has 1 saturated heterocycles. The first-order valence-electron chi connectivity index (χ1n) is 15.6. The third kappa shape index (κ3) is 6.69. The minimum absolute atomic E-state index is 0.0563. The first-order chi connectivity index (χ1) is 20.3. The van der Waals surface area contributed by atoms with Gasteiger partial charge in [0, 0.05) is 24.7 Å². The molecule has 2 aromatic rings. The Morgan fingerprint density at radius 2 is 1.48 bits per heavy atom. The highest BCUT2D eigenvalue weighted by Gasteiger charge is 2.47. The van der Waals surface area contributed by atoms with Crippen molar-refractivity contribution in [2.24, 2.45) is 11.8 Å². The number of carboxylic acids is 1. The number of nitrogens with zero attached hydrogens (tertiary/aromatic N) is 2. The molecule has 3 fully saturated rings. The fourth-order valence-corrected chi connectivity index (χ4v) is 7.36. The third-order valence-electron chi connectivity index (χ3n) is 9.45. The van der Waals surface area contributed by atoms with Crippen LogP contribution in [0.25, 0.3) is 0 Å². The van der Waals surface area contributed by atoms with E-state index in [9.17, 15) is 24.3 Å². The lowest BCUT2D eigenvalue weighted by Gasteiger charge is -2.36. The molecule has 2 aliphatic carbocycles. The summed E-state index contributed by atoms with van der Waals surface area (Å²) in [6.07, 6.45) is 7.54. The Balaban J connectivity index is 1.48. The summed E-state index contributed by atoms with van der Waals surface area (Å²) < 4.78 is 0. The van der Waals surface area contributed by atoms with Gasteiger partial charge in [-0.15, -0.1) is 0 Å². The van der Waals surface area contributed by atoms with Crippen LogP contribution in [0.1, 0.15) is 91.6 Å². The van der Waals surface area contributed by atoms with E-state index in [4.69, 9.17) is 0 Å². The Labute approximate surface area is 248 Å². The average molecular weight is 574 g/mol. The summed E-state index contributed by atoms with van der Waals surface area (Å²) in [4.78, 5) is 57.4. The summed E-state index contributed by atoms with van der Waals surface area (Å²) in [5, 5.41) is 12.7. The van der Waals surface area contributed by atoms with Crippen LogP contribution >= 0.6 is 0 Å². The normalized spacial score (nSPS) is 21.2. The second-order valence-corrected chi connectivity index (χ2v) is 12.3. The molecule has 0 aromatic heterocycles. The molecule has 2 N–H and O–H groups in total. The number of hydrogen-bond acceptors (Lipinski definition) is 4. The van der Waals surface area contributed by atoms with Crippen molar-refractivity contribution in [1.82, 2.24) is 15.1 Å². The van der Waals surface area contributed by atoms with E-state index in [0.717, 1.165) is 68.9 Å². The van der Waals surface area contributed by atoms with Crippen molar-refractivity contribution < 1.29 is 24.3 Å². The van der Waals surface area contributed by atoms with Gasteiger partial charge in [0.15, 0.2) is 6.17 Å². The van der Waals surface area contributed by atoms with Gasteiger partial charge >= 0.3 is 5.97 Å². The van der Waals surface area contributed by atoms with Crippen LogP contribution in [0.15, 0.2) is 54.6 Å². The lowest BCUT2D eigenvalue weighted by Crippen LogP contribution is -2.57. The molecular weight excluding hydrogens is 530 g/mol. The molecule has 5 rings (SSSR count). The third-order valence-corrected chi connectivity index (χ3v) is 9.45. The molecule has 2 saturated carbocycles. The Bertz CT molecular complexity index is 1270. The van der Waals surface area contributed by atoms with Crippen LogP contribution in [-0.4, -0.2) is 63.9 Å². The summed E-state index contributed by atoms with van der Waals surface area (Å²) in [6, 6.07) is 16.5. The second kappa shape index (κ2) is 13.5. The molecule has 3 atom stereocenters. The van der Waals surface area contributed by atoms with Gasteiger partial charge in [0.1, 0.15) is 0 Å². The monoisotopic (exact) mass is 573 g/mol. The van der Waals surface area contributed by atoms with Gasteiger partial charge in [0.2, 0.25) is 5.91 Å². The van der Waals surface area contributed by atoms with Crippen LogP contribution in [-0.2, 0) is 14.4 Å². The van der Waals surface area contributed by atoms with Crippen molar-refractivity contribution in [3.8, 4) is 0 Å². The van der Waals surface area contributed by atoms with Gasteiger partial charge in [-0.2, -0.15) is 0 Å². The van der Waals surface area contributed by atoms with Gasteiger partial charge < -0.3 is 20.2 Å². The molecule has 3 aliphatic rings. The molecule has 3 unspecified atom stereocenters. The standard InChI is InChI=1S/C34H43N3O5/c1-23-11-10-18-27(21-23)33(41)36-19-20-37(34(42)30(26-16-8-9-17-26)25-14-6-3-7-15-25)32(36)31(40)35-28(22-29(38)39)24-12-4-2-5-13-24/h3,6-7,10-11,14-15,18,21,24,26,28,30,32H,2,4-5,8-9,12-13,16-17,19-20,22H2,1H3,(H,35,40)(H,38,39). The highest BCUT2D eigenvalue weighted by Crippen LogP contribution is 2.40. The van der Waals surface area contributed by atoms with Crippen LogP contribution in [0.3, 0.4) is 0 Å². The summed E-state index contributed by atoms with van der Waals surface area (Å²) in [6.45, 7) is 2.39. The number of aliphatic carboxylic acids is 1. The predicted octanol–water partition coefficient (Wildman–Crippen LogP) is 5.12. The van der Waals surface area contributed by atoms with E-state index in [2.05, 4.69) is 5.32 Å². The van der Waals surface area contributed by atoms with Gasteiger partial charge in [-0.3, -0.25) is 19.2 Å². The predicted molar refractivity (Wildman–Crippen MR) is 160 cm³/mol. The van der Waals surface area contributed by atoms with Crippen LogP contribution in [0.2, 0.25) is 0 Å². The van der Waals surface area contributed by atoms with Crippen molar-refractivity contribution >= 4 is 23.7 Å². The van der Waals surface area contributed by atoms with Crippen LogP contribution in [0, 0.1) is 18.8 Å².